The summed E-state index contributed by atoms with van der Waals surface area (Å²) < 4.78 is 0. The van der Waals surface area contributed by atoms with Gasteiger partial charge in [-0.15, -0.1) is 0 Å². The van der Waals surface area contributed by atoms with Gasteiger partial charge in [0.1, 0.15) is 0 Å². The quantitative estimate of drug-likeness (QED) is 0.890. The molecule has 2 atom stereocenters. The van der Waals surface area contributed by atoms with E-state index in [1.807, 2.05) is 43.3 Å². The summed E-state index contributed by atoms with van der Waals surface area (Å²) in [6.45, 7) is 1.85. The second kappa shape index (κ2) is 7.39. The first-order valence-electron chi connectivity index (χ1n) is 7.14. The molecule has 2 N–H and O–H groups in total. The van der Waals surface area contributed by atoms with E-state index in [0.717, 1.165) is 5.56 Å². The van der Waals surface area contributed by atoms with Crippen LogP contribution in [0.15, 0.2) is 54.6 Å². The number of hydrogen-bond donors (Lipinski definition) is 2. The summed E-state index contributed by atoms with van der Waals surface area (Å²) in [6, 6.07) is 17.7. The van der Waals surface area contributed by atoms with Crippen molar-refractivity contribution in [3.05, 3.63) is 71.3 Å². The molecule has 0 aliphatic rings. The number of rotatable bonds is 5. The summed E-state index contributed by atoms with van der Waals surface area (Å²) in [7, 11) is 0. The average Bonchev–Trinajstić information content (AvgIpc) is 2.55. The van der Waals surface area contributed by atoms with E-state index in [1.54, 1.807) is 24.3 Å². The van der Waals surface area contributed by atoms with Gasteiger partial charge < -0.3 is 10.4 Å². The number of hydrogen-bond acceptors (Lipinski definition) is 3. The standard InChI is InChI=1S/C18H18N2O2/c1-13(10-17(21)15-7-3-2-4-8-15)20-18(22)16-9-5-6-14(11-16)12-19/h2-9,11,13,17,21H,10H2,1H3,(H,20,22)/t13-,17+/m0/s1. The van der Waals surface area contributed by atoms with Gasteiger partial charge >= 0.3 is 0 Å². The largest absolute Gasteiger partial charge is 0.388 e. The van der Waals surface area contributed by atoms with Crippen LogP contribution in [0.3, 0.4) is 0 Å². The molecule has 0 spiro atoms. The predicted octanol–water partition coefficient (Wildman–Crippen LogP) is 2.80. The zero-order chi connectivity index (χ0) is 15.9. The van der Waals surface area contributed by atoms with E-state index in [1.165, 1.54) is 0 Å². The molecule has 0 bridgehead atoms. The third kappa shape index (κ3) is 4.18. The van der Waals surface area contributed by atoms with Crippen LogP contribution in [-0.4, -0.2) is 17.1 Å². The number of aliphatic hydroxyl groups is 1. The first-order valence-corrected chi connectivity index (χ1v) is 7.14. The van der Waals surface area contributed by atoms with Crippen molar-refractivity contribution >= 4 is 5.91 Å². The van der Waals surface area contributed by atoms with Gasteiger partial charge in [0.2, 0.25) is 0 Å². The van der Waals surface area contributed by atoms with Crippen molar-refractivity contribution in [3.63, 3.8) is 0 Å². The van der Waals surface area contributed by atoms with Crippen molar-refractivity contribution in [1.29, 1.82) is 5.26 Å². The zero-order valence-electron chi connectivity index (χ0n) is 12.4. The number of amides is 1. The topological polar surface area (TPSA) is 73.1 Å². The normalized spacial score (nSPS) is 13.0. The molecule has 0 aliphatic carbocycles. The summed E-state index contributed by atoms with van der Waals surface area (Å²) in [6.07, 6.45) is -0.199. The van der Waals surface area contributed by atoms with Crippen LogP contribution in [0.2, 0.25) is 0 Å². The maximum absolute atomic E-state index is 12.1. The fourth-order valence-electron chi connectivity index (χ4n) is 2.24. The van der Waals surface area contributed by atoms with Gasteiger partial charge in [0, 0.05) is 11.6 Å². The van der Waals surface area contributed by atoms with Crippen molar-refractivity contribution in [2.24, 2.45) is 0 Å². The van der Waals surface area contributed by atoms with Crippen molar-refractivity contribution in [1.82, 2.24) is 5.32 Å². The smallest absolute Gasteiger partial charge is 0.251 e. The molecular weight excluding hydrogens is 276 g/mol. The molecule has 4 nitrogen and oxygen atoms in total. The van der Waals surface area contributed by atoms with Gasteiger partial charge in [-0.2, -0.15) is 5.26 Å². The number of benzene rings is 2. The summed E-state index contributed by atoms with van der Waals surface area (Å²) in [5, 5.41) is 21.9. The molecule has 0 aromatic heterocycles. The Labute approximate surface area is 130 Å². The Bertz CT molecular complexity index is 677. The van der Waals surface area contributed by atoms with Gasteiger partial charge in [-0.25, -0.2) is 0 Å². The molecule has 2 aromatic rings. The Morgan fingerprint density at radius 1 is 1.23 bits per heavy atom. The number of aliphatic hydroxyl groups excluding tert-OH is 1. The highest BCUT2D eigenvalue weighted by molar-refractivity contribution is 5.94. The number of nitrogens with zero attached hydrogens (tertiary/aromatic N) is 1. The number of carbonyl (C=O) groups excluding carboxylic acids is 1. The van der Waals surface area contributed by atoms with Gasteiger partial charge in [-0.1, -0.05) is 36.4 Å². The highest BCUT2D eigenvalue weighted by Gasteiger charge is 2.15. The van der Waals surface area contributed by atoms with Crippen LogP contribution >= 0.6 is 0 Å². The minimum Gasteiger partial charge on any atom is -0.388 e. The summed E-state index contributed by atoms with van der Waals surface area (Å²) in [5.41, 5.74) is 1.72. The first kappa shape index (κ1) is 15.7. The van der Waals surface area contributed by atoms with Gasteiger partial charge in [0.25, 0.3) is 5.91 Å². The van der Waals surface area contributed by atoms with Crippen molar-refractivity contribution < 1.29 is 9.90 Å². The van der Waals surface area contributed by atoms with Crippen LogP contribution in [0.1, 0.15) is 40.9 Å². The molecule has 0 aliphatic heterocycles. The maximum Gasteiger partial charge on any atom is 0.251 e. The Kier molecular flexibility index (Phi) is 5.29. The van der Waals surface area contributed by atoms with Crippen LogP contribution < -0.4 is 5.32 Å². The van der Waals surface area contributed by atoms with E-state index >= 15 is 0 Å². The van der Waals surface area contributed by atoms with Crippen molar-refractivity contribution in [2.75, 3.05) is 0 Å². The molecule has 0 unspecified atom stereocenters. The fraction of sp³-hybridized carbons (Fsp3) is 0.222. The molecule has 2 rings (SSSR count). The van der Waals surface area contributed by atoms with E-state index in [4.69, 9.17) is 5.26 Å². The predicted molar refractivity (Wildman–Crippen MR) is 84.1 cm³/mol. The van der Waals surface area contributed by atoms with Gasteiger partial charge in [0.15, 0.2) is 0 Å². The molecule has 112 valence electrons. The fourth-order valence-corrected chi connectivity index (χ4v) is 2.24. The third-order valence-electron chi connectivity index (χ3n) is 3.39. The molecule has 22 heavy (non-hydrogen) atoms. The van der Waals surface area contributed by atoms with Gasteiger partial charge in [0.05, 0.1) is 17.7 Å². The van der Waals surface area contributed by atoms with Gasteiger partial charge in [-0.05, 0) is 37.1 Å². The van der Waals surface area contributed by atoms with Crippen LogP contribution in [-0.2, 0) is 0 Å². The lowest BCUT2D eigenvalue weighted by atomic mass is 10.0. The van der Waals surface area contributed by atoms with Crippen LogP contribution in [0, 0.1) is 11.3 Å². The number of nitriles is 1. The molecule has 1 amide bonds. The van der Waals surface area contributed by atoms with Crippen LogP contribution in [0.25, 0.3) is 0 Å². The molecule has 0 radical (unpaired) electrons. The Hall–Kier alpha value is -2.64. The SMILES string of the molecule is C[C@@H](C[C@@H](O)c1ccccc1)NC(=O)c1cccc(C#N)c1. The van der Waals surface area contributed by atoms with E-state index < -0.39 is 6.10 Å². The minimum absolute atomic E-state index is 0.187. The molecule has 0 saturated carbocycles. The lowest BCUT2D eigenvalue weighted by Gasteiger charge is -2.18. The van der Waals surface area contributed by atoms with E-state index in [2.05, 4.69) is 5.32 Å². The van der Waals surface area contributed by atoms with E-state index in [0.29, 0.717) is 17.5 Å². The molecule has 4 heteroatoms. The van der Waals surface area contributed by atoms with E-state index in [-0.39, 0.29) is 11.9 Å². The molecular formula is C18H18N2O2. The molecule has 0 saturated heterocycles. The zero-order valence-corrected chi connectivity index (χ0v) is 12.4. The Balaban J connectivity index is 1.95. The van der Waals surface area contributed by atoms with Crippen LogP contribution in [0.5, 0.6) is 0 Å². The Morgan fingerprint density at radius 3 is 2.64 bits per heavy atom. The lowest BCUT2D eigenvalue weighted by Crippen LogP contribution is -2.33. The lowest BCUT2D eigenvalue weighted by molar-refractivity contribution is 0.0917. The number of carbonyl (C=O) groups is 1. The molecule has 0 fully saturated rings. The maximum atomic E-state index is 12.1. The van der Waals surface area contributed by atoms with Crippen molar-refractivity contribution in [3.8, 4) is 6.07 Å². The van der Waals surface area contributed by atoms with Crippen LogP contribution in [0.4, 0.5) is 0 Å². The van der Waals surface area contributed by atoms with Gasteiger partial charge in [-0.3, -0.25) is 4.79 Å². The number of nitrogens with one attached hydrogen (secondary N) is 1. The molecule has 2 aromatic carbocycles. The molecule has 0 heterocycles. The summed E-state index contributed by atoms with van der Waals surface area (Å²) >= 11 is 0. The van der Waals surface area contributed by atoms with E-state index in [9.17, 15) is 9.90 Å². The highest BCUT2D eigenvalue weighted by Crippen LogP contribution is 2.18. The summed E-state index contributed by atoms with van der Waals surface area (Å²) in [5.74, 6) is -0.245. The highest BCUT2D eigenvalue weighted by atomic mass is 16.3. The summed E-state index contributed by atoms with van der Waals surface area (Å²) in [4.78, 5) is 12.1. The first-order chi connectivity index (χ1) is 10.6. The van der Waals surface area contributed by atoms with Crippen molar-refractivity contribution in [2.45, 2.75) is 25.5 Å². The second-order valence-corrected chi connectivity index (χ2v) is 5.23. The second-order valence-electron chi connectivity index (χ2n) is 5.23. The average molecular weight is 294 g/mol. The third-order valence-corrected chi connectivity index (χ3v) is 3.39. The Morgan fingerprint density at radius 2 is 1.95 bits per heavy atom. The minimum atomic E-state index is -0.623. The monoisotopic (exact) mass is 294 g/mol.